The van der Waals surface area contributed by atoms with Gasteiger partial charge in [-0.3, -0.25) is 9.69 Å². The maximum absolute atomic E-state index is 13.0. The van der Waals surface area contributed by atoms with Crippen molar-refractivity contribution in [2.45, 2.75) is 31.5 Å². The summed E-state index contributed by atoms with van der Waals surface area (Å²) in [5, 5.41) is 12.0. The van der Waals surface area contributed by atoms with E-state index >= 15 is 0 Å². The SMILES string of the molecule is O=C(O)C(CNC(=O)C1CCCN1Cc1ccccc1)Oc1ccc(F)cc1. The van der Waals surface area contributed by atoms with Crippen LogP contribution >= 0.6 is 0 Å². The van der Waals surface area contributed by atoms with Crippen LogP contribution < -0.4 is 10.1 Å². The molecule has 2 unspecified atom stereocenters. The molecule has 1 saturated heterocycles. The van der Waals surface area contributed by atoms with E-state index in [1.165, 1.54) is 24.3 Å². The molecule has 1 heterocycles. The molecule has 1 amide bonds. The molecule has 0 saturated carbocycles. The minimum Gasteiger partial charge on any atom is -0.478 e. The topological polar surface area (TPSA) is 78.9 Å². The number of nitrogens with zero attached hydrogens (tertiary/aromatic N) is 1. The number of aliphatic carboxylic acids is 1. The number of hydrogen-bond acceptors (Lipinski definition) is 4. The second-order valence-electron chi connectivity index (χ2n) is 6.76. The Balaban J connectivity index is 1.56. The third kappa shape index (κ3) is 5.29. The summed E-state index contributed by atoms with van der Waals surface area (Å²) in [6.07, 6.45) is 0.396. The molecule has 6 nitrogen and oxygen atoms in total. The minimum atomic E-state index is -1.25. The average molecular weight is 386 g/mol. The fourth-order valence-electron chi connectivity index (χ4n) is 3.30. The number of nitrogens with one attached hydrogen (secondary N) is 1. The van der Waals surface area contributed by atoms with E-state index in [9.17, 15) is 19.1 Å². The first-order valence-electron chi connectivity index (χ1n) is 9.23. The molecule has 2 aromatic carbocycles. The van der Waals surface area contributed by atoms with Crippen LogP contribution in [0.3, 0.4) is 0 Å². The Morgan fingerprint density at radius 3 is 2.57 bits per heavy atom. The first-order valence-corrected chi connectivity index (χ1v) is 9.23. The van der Waals surface area contributed by atoms with Crippen molar-refractivity contribution in [3.63, 3.8) is 0 Å². The van der Waals surface area contributed by atoms with Crippen molar-refractivity contribution in [2.24, 2.45) is 0 Å². The van der Waals surface area contributed by atoms with Gasteiger partial charge in [0.15, 0.2) is 0 Å². The van der Waals surface area contributed by atoms with Crippen molar-refractivity contribution < 1.29 is 23.8 Å². The van der Waals surface area contributed by atoms with Crippen molar-refractivity contribution in [3.05, 3.63) is 66.0 Å². The Bertz CT molecular complexity index is 798. The van der Waals surface area contributed by atoms with E-state index in [1.807, 2.05) is 30.3 Å². The Morgan fingerprint density at radius 2 is 1.89 bits per heavy atom. The highest BCUT2D eigenvalue weighted by Gasteiger charge is 2.31. The molecule has 0 radical (unpaired) electrons. The predicted molar refractivity (Wildman–Crippen MR) is 101 cm³/mol. The van der Waals surface area contributed by atoms with Gasteiger partial charge >= 0.3 is 5.97 Å². The van der Waals surface area contributed by atoms with Crippen LogP contribution in [0.5, 0.6) is 5.75 Å². The number of ether oxygens (including phenoxy) is 1. The monoisotopic (exact) mass is 386 g/mol. The fraction of sp³-hybridized carbons (Fsp3) is 0.333. The van der Waals surface area contributed by atoms with Crippen LogP contribution in [0.1, 0.15) is 18.4 Å². The zero-order chi connectivity index (χ0) is 19.9. The number of carboxylic acid groups (broad SMARTS) is 1. The molecule has 1 fully saturated rings. The molecule has 28 heavy (non-hydrogen) atoms. The summed E-state index contributed by atoms with van der Waals surface area (Å²) in [6.45, 7) is 1.33. The minimum absolute atomic E-state index is 0.165. The Labute approximate surface area is 162 Å². The van der Waals surface area contributed by atoms with E-state index in [-0.39, 0.29) is 24.2 Å². The molecule has 0 spiro atoms. The number of rotatable bonds is 8. The summed E-state index contributed by atoms with van der Waals surface area (Å²) < 4.78 is 18.3. The lowest BCUT2D eigenvalue weighted by Gasteiger charge is -2.24. The van der Waals surface area contributed by atoms with Crippen molar-refractivity contribution in [1.29, 1.82) is 0 Å². The lowest BCUT2D eigenvalue weighted by molar-refractivity contribution is -0.145. The summed E-state index contributed by atoms with van der Waals surface area (Å²) in [6, 6.07) is 14.7. The maximum Gasteiger partial charge on any atom is 0.346 e. The molecular weight excluding hydrogens is 363 g/mol. The van der Waals surface area contributed by atoms with Gasteiger partial charge in [-0.25, -0.2) is 9.18 Å². The van der Waals surface area contributed by atoms with Crippen LogP contribution in [0.15, 0.2) is 54.6 Å². The molecule has 2 aromatic rings. The smallest absolute Gasteiger partial charge is 0.346 e. The molecule has 7 heteroatoms. The summed E-state index contributed by atoms with van der Waals surface area (Å²) in [4.78, 5) is 26.2. The largest absolute Gasteiger partial charge is 0.478 e. The average Bonchev–Trinajstić information content (AvgIpc) is 3.15. The second kappa shape index (κ2) is 9.32. The van der Waals surface area contributed by atoms with Gasteiger partial charge in [-0.05, 0) is 49.2 Å². The number of carbonyl (C=O) groups is 2. The van der Waals surface area contributed by atoms with Gasteiger partial charge in [-0.15, -0.1) is 0 Å². The van der Waals surface area contributed by atoms with E-state index in [1.54, 1.807) is 0 Å². The molecular formula is C21H23FN2O4. The highest BCUT2D eigenvalue weighted by molar-refractivity contribution is 5.83. The third-order valence-electron chi connectivity index (χ3n) is 4.72. The van der Waals surface area contributed by atoms with Crippen LogP contribution in [0, 0.1) is 5.82 Å². The zero-order valence-corrected chi connectivity index (χ0v) is 15.4. The first kappa shape index (κ1) is 19.8. The highest BCUT2D eigenvalue weighted by atomic mass is 19.1. The van der Waals surface area contributed by atoms with Gasteiger partial charge in [-0.2, -0.15) is 0 Å². The van der Waals surface area contributed by atoms with Crippen LogP contribution in [0.4, 0.5) is 4.39 Å². The van der Waals surface area contributed by atoms with Gasteiger partial charge in [0.25, 0.3) is 0 Å². The van der Waals surface area contributed by atoms with Crippen molar-refractivity contribution >= 4 is 11.9 Å². The van der Waals surface area contributed by atoms with E-state index < -0.39 is 17.9 Å². The second-order valence-corrected chi connectivity index (χ2v) is 6.76. The number of carbonyl (C=O) groups excluding carboxylic acids is 1. The van der Waals surface area contributed by atoms with E-state index in [0.717, 1.165) is 24.9 Å². The molecule has 1 aliphatic rings. The standard InChI is InChI=1S/C21H23FN2O4/c22-16-8-10-17(11-9-16)28-19(21(26)27)13-23-20(25)18-7-4-12-24(18)14-15-5-2-1-3-6-15/h1-3,5-6,8-11,18-19H,4,7,12-14H2,(H,23,25)(H,26,27). The maximum atomic E-state index is 13.0. The van der Waals surface area contributed by atoms with Crippen LogP contribution in [0.2, 0.25) is 0 Å². The summed E-state index contributed by atoms with van der Waals surface area (Å²) >= 11 is 0. The molecule has 2 N–H and O–H groups in total. The Morgan fingerprint density at radius 1 is 1.18 bits per heavy atom. The molecule has 0 aliphatic carbocycles. The molecule has 148 valence electrons. The van der Waals surface area contributed by atoms with Gasteiger partial charge in [0.1, 0.15) is 11.6 Å². The van der Waals surface area contributed by atoms with Crippen molar-refractivity contribution in [1.82, 2.24) is 10.2 Å². The Hall–Kier alpha value is -2.93. The van der Waals surface area contributed by atoms with E-state index in [2.05, 4.69) is 10.2 Å². The Kier molecular flexibility index (Phi) is 6.60. The lowest BCUT2D eigenvalue weighted by atomic mass is 10.1. The highest BCUT2D eigenvalue weighted by Crippen LogP contribution is 2.20. The molecule has 3 rings (SSSR count). The number of likely N-dealkylation sites (tertiary alicyclic amines) is 1. The molecule has 0 aromatic heterocycles. The fourth-order valence-corrected chi connectivity index (χ4v) is 3.30. The number of halogens is 1. The van der Waals surface area contributed by atoms with Crippen LogP contribution in [-0.2, 0) is 16.1 Å². The summed E-state index contributed by atoms with van der Waals surface area (Å²) in [7, 11) is 0. The summed E-state index contributed by atoms with van der Waals surface area (Å²) in [5.41, 5.74) is 1.13. The lowest BCUT2D eigenvalue weighted by Crippen LogP contribution is -2.47. The van der Waals surface area contributed by atoms with Gasteiger partial charge in [0.05, 0.1) is 12.6 Å². The first-order chi connectivity index (χ1) is 13.5. The zero-order valence-electron chi connectivity index (χ0n) is 15.4. The predicted octanol–water partition coefficient (Wildman–Crippen LogP) is 2.44. The normalized spacial score (nSPS) is 17.8. The van der Waals surface area contributed by atoms with Gasteiger partial charge in [0, 0.05) is 6.54 Å². The number of amides is 1. The van der Waals surface area contributed by atoms with Crippen LogP contribution in [0.25, 0.3) is 0 Å². The molecule has 0 bridgehead atoms. The van der Waals surface area contributed by atoms with E-state index in [4.69, 9.17) is 4.74 Å². The van der Waals surface area contributed by atoms with Crippen molar-refractivity contribution in [2.75, 3.05) is 13.1 Å². The molecule has 2 atom stereocenters. The van der Waals surface area contributed by atoms with Crippen molar-refractivity contribution in [3.8, 4) is 5.75 Å². The van der Waals surface area contributed by atoms with Gasteiger partial charge in [0.2, 0.25) is 12.0 Å². The quantitative estimate of drug-likeness (QED) is 0.729. The van der Waals surface area contributed by atoms with E-state index in [0.29, 0.717) is 6.54 Å². The number of carboxylic acids is 1. The summed E-state index contributed by atoms with van der Waals surface area (Å²) in [5.74, 6) is -1.61. The van der Waals surface area contributed by atoms with Gasteiger partial charge < -0.3 is 15.2 Å². The van der Waals surface area contributed by atoms with Gasteiger partial charge in [-0.1, -0.05) is 30.3 Å². The number of benzene rings is 2. The van der Waals surface area contributed by atoms with Crippen LogP contribution in [-0.4, -0.2) is 47.1 Å². The third-order valence-corrected chi connectivity index (χ3v) is 4.72. The molecule has 1 aliphatic heterocycles. The number of hydrogen-bond donors (Lipinski definition) is 2.